The number of anilines is 1. The Morgan fingerprint density at radius 2 is 1.89 bits per heavy atom. The zero-order valence-electron chi connectivity index (χ0n) is 20.9. The van der Waals surface area contributed by atoms with Gasteiger partial charge in [0, 0.05) is 43.6 Å². The first-order valence-corrected chi connectivity index (χ1v) is 13.0. The van der Waals surface area contributed by atoms with E-state index in [0.717, 1.165) is 6.07 Å². The summed E-state index contributed by atoms with van der Waals surface area (Å²) >= 11 is 1.29. The molecule has 1 aromatic carbocycles. The third-order valence-corrected chi connectivity index (χ3v) is 7.17. The van der Waals surface area contributed by atoms with Crippen molar-refractivity contribution in [3.63, 3.8) is 0 Å². The summed E-state index contributed by atoms with van der Waals surface area (Å²) in [5.41, 5.74) is 6.53. The van der Waals surface area contributed by atoms with Gasteiger partial charge in [-0.05, 0) is 35.6 Å². The maximum atomic E-state index is 13.9. The maximum Gasteiger partial charge on any atom is 0.326 e. The standard InChI is InChI=1S/C25H30F3N5O4S/c1-13(2)22(25(36)37)32-20-4-3-14(11-30-20)12-31-23(35)24-33(5-6-38-24)21(34)9-16(29)7-15-8-18(27)19(28)10-17(15)26/h3-4,8,10-11,13,16,22,24H,5-7,9,12,29H2,1-2H3,(H,30,32)(H,31,35)(H,36,37)/t16-,22+,24?/m1/s1. The van der Waals surface area contributed by atoms with Crippen molar-refractivity contribution in [2.24, 2.45) is 11.7 Å². The maximum absolute atomic E-state index is 13.9. The highest BCUT2D eigenvalue weighted by Crippen LogP contribution is 2.25. The average Bonchev–Trinajstić information content (AvgIpc) is 3.35. The Kier molecular flexibility index (Phi) is 9.97. The van der Waals surface area contributed by atoms with E-state index in [9.17, 15) is 32.7 Å². The highest BCUT2D eigenvalue weighted by Gasteiger charge is 2.35. The number of nitrogens with two attached hydrogens (primary N) is 1. The molecule has 1 unspecified atom stereocenters. The molecule has 1 aliphatic heterocycles. The molecule has 1 aromatic heterocycles. The van der Waals surface area contributed by atoms with Crippen LogP contribution < -0.4 is 16.4 Å². The van der Waals surface area contributed by atoms with Gasteiger partial charge < -0.3 is 26.4 Å². The number of carboxylic acids is 1. The van der Waals surface area contributed by atoms with E-state index in [1.807, 2.05) is 0 Å². The number of carbonyl (C=O) groups is 3. The molecule has 3 rings (SSSR count). The van der Waals surface area contributed by atoms with Crippen LogP contribution in [0.25, 0.3) is 0 Å². The molecule has 1 aliphatic rings. The Labute approximate surface area is 222 Å². The van der Waals surface area contributed by atoms with E-state index in [1.54, 1.807) is 26.0 Å². The lowest BCUT2D eigenvalue weighted by molar-refractivity contribution is -0.139. The van der Waals surface area contributed by atoms with Gasteiger partial charge in [-0.15, -0.1) is 11.8 Å². The molecule has 1 fully saturated rings. The molecule has 2 aromatic rings. The predicted molar refractivity (Wildman–Crippen MR) is 137 cm³/mol. The van der Waals surface area contributed by atoms with Crippen molar-refractivity contribution in [3.8, 4) is 0 Å². The molecular weight excluding hydrogens is 523 g/mol. The van der Waals surface area contributed by atoms with Crippen molar-refractivity contribution in [1.29, 1.82) is 0 Å². The lowest BCUT2D eigenvalue weighted by atomic mass is 10.0. The number of hydrogen-bond acceptors (Lipinski definition) is 7. The number of nitrogens with zero attached hydrogens (tertiary/aromatic N) is 2. The Morgan fingerprint density at radius 1 is 1.18 bits per heavy atom. The number of rotatable bonds is 11. The van der Waals surface area contributed by atoms with Crippen molar-refractivity contribution >= 4 is 35.4 Å². The summed E-state index contributed by atoms with van der Waals surface area (Å²) in [7, 11) is 0. The largest absolute Gasteiger partial charge is 0.480 e. The van der Waals surface area contributed by atoms with Gasteiger partial charge in [-0.3, -0.25) is 9.59 Å². The Morgan fingerprint density at radius 3 is 2.53 bits per heavy atom. The fourth-order valence-corrected chi connectivity index (χ4v) is 5.09. The fraction of sp³-hybridized carbons (Fsp3) is 0.440. The average molecular weight is 554 g/mol. The van der Waals surface area contributed by atoms with Crippen LogP contribution in [0.1, 0.15) is 31.4 Å². The van der Waals surface area contributed by atoms with Crippen LogP contribution in [0.5, 0.6) is 0 Å². The van der Waals surface area contributed by atoms with Crippen LogP contribution in [-0.4, -0.2) is 62.5 Å². The number of amides is 2. The molecule has 0 bridgehead atoms. The van der Waals surface area contributed by atoms with Crippen molar-refractivity contribution < 1.29 is 32.7 Å². The first-order valence-electron chi connectivity index (χ1n) is 12.0. The zero-order valence-corrected chi connectivity index (χ0v) is 21.7. The second-order valence-corrected chi connectivity index (χ2v) is 10.5. The van der Waals surface area contributed by atoms with Gasteiger partial charge >= 0.3 is 5.97 Å². The van der Waals surface area contributed by atoms with Gasteiger partial charge in [0.05, 0.1) is 0 Å². The Bertz CT molecular complexity index is 1170. The second-order valence-electron chi connectivity index (χ2n) is 9.31. The van der Waals surface area contributed by atoms with Crippen LogP contribution in [0.2, 0.25) is 0 Å². The highest BCUT2D eigenvalue weighted by molar-refractivity contribution is 8.00. The van der Waals surface area contributed by atoms with Crippen LogP contribution in [0.15, 0.2) is 30.5 Å². The van der Waals surface area contributed by atoms with E-state index in [4.69, 9.17) is 5.73 Å². The van der Waals surface area contributed by atoms with Gasteiger partial charge in [0.1, 0.15) is 17.7 Å². The van der Waals surface area contributed by atoms with Crippen LogP contribution >= 0.6 is 11.8 Å². The minimum absolute atomic E-state index is 0.133. The minimum atomic E-state index is -1.31. The summed E-state index contributed by atoms with van der Waals surface area (Å²) in [6, 6.07) is 2.84. The van der Waals surface area contributed by atoms with Gasteiger partial charge in [0.2, 0.25) is 5.91 Å². The summed E-state index contributed by atoms with van der Waals surface area (Å²) in [6.07, 6.45) is 1.15. The molecule has 1 saturated heterocycles. The van der Waals surface area contributed by atoms with Crippen LogP contribution in [0.4, 0.5) is 19.0 Å². The molecule has 0 radical (unpaired) electrons. The topological polar surface area (TPSA) is 138 Å². The van der Waals surface area contributed by atoms with Crippen molar-refractivity contribution in [1.82, 2.24) is 15.2 Å². The molecule has 5 N–H and O–H groups in total. The molecule has 9 nitrogen and oxygen atoms in total. The monoisotopic (exact) mass is 553 g/mol. The van der Waals surface area contributed by atoms with Crippen molar-refractivity contribution in [2.75, 3.05) is 17.6 Å². The molecule has 0 saturated carbocycles. The lowest BCUT2D eigenvalue weighted by Crippen LogP contribution is -2.46. The molecule has 2 amide bonds. The van der Waals surface area contributed by atoms with Crippen LogP contribution in [-0.2, 0) is 27.3 Å². The van der Waals surface area contributed by atoms with Crippen molar-refractivity contribution in [2.45, 2.75) is 50.7 Å². The van der Waals surface area contributed by atoms with Gasteiger partial charge in [-0.1, -0.05) is 19.9 Å². The second kappa shape index (κ2) is 13.0. The number of pyridine rings is 1. The number of hydrogen-bond donors (Lipinski definition) is 4. The van der Waals surface area contributed by atoms with E-state index < -0.39 is 46.8 Å². The fourth-order valence-electron chi connectivity index (χ4n) is 3.92. The summed E-state index contributed by atoms with van der Waals surface area (Å²) < 4.78 is 40.5. The van der Waals surface area contributed by atoms with Gasteiger partial charge in [0.25, 0.3) is 5.91 Å². The number of carbonyl (C=O) groups excluding carboxylic acids is 2. The van der Waals surface area contributed by atoms with E-state index >= 15 is 0 Å². The number of aliphatic carboxylic acids is 1. The van der Waals surface area contributed by atoms with E-state index in [-0.39, 0.29) is 36.8 Å². The number of aromatic nitrogens is 1. The highest BCUT2D eigenvalue weighted by atomic mass is 32.2. The minimum Gasteiger partial charge on any atom is -0.480 e. The molecule has 2 heterocycles. The number of benzene rings is 1. The third-order valence-electron chi connectivity index (χ3n) is 5.97. The Balaban J connectivity index is 1.52. The Hall–Kier alpha value is -3.32. The number of nitrogens with one attached hydrogen (secondary N) is 2. The number of thioether (sulfide) groups is 1. The third kappa shape index (κ3) is 7.60. The molecule has 13 heteroatoms. The number of carboxylic acid groups (broad SMARTS) is 1. The normalized spacial score (nSPS) is 16.8. The van der Waals surface area contributed by atoms with E-state index in [2.05, 4.69) is 15.6 Å². The van der Waals surface area contributed by atoms with E-state index in [0.29, 0.717) is 29.7 Å². The predicted octanol–water partition coefficient (Wildman–Crippen LogP) is 2.50. The van der Waals surface area contributed by atoms with Gasteiger partial charge in [0.15, 0.2) is 17.0 Å². The molecule has 0 spiro atoms. The summed E-state index contributed by atoms with van der Waals surface area (Å²) in [5.74, 6) is -4.43. The quantitative estimate of drug-likeness (QED) is 0.312. The van der Waals surface area contributed by atoms with Crippen molar-refractivity contribution in [3.05, 3.63) is 59.0 Å². The van der Waals surface area contributed by atoms with Gasteiger partial charge in [-0.25, -0.2) is 22.9 Å². The molecule has 38 heavy (non-hydrogen) atoms. The summed E-state index contributed by atoms with van der Waals surface area (Å²) in [5, 5.41) is 14.2. The van der Waals surface area contributed by atoms with E-state index in [1.165, 1.54) is 22.9 Å². The summed E-state index contributed by atoms with van der Waals surface area (Å²) in [6.45, 7) is 4.04. The molecule has 3 atom stereocenters. The van der Waals surface area contributed by atoms with Gasteiger partial charge in [-0.2, -0.15) is 0 Å². The number of halogens is 3. The smallest absolute Gasteiger partial charge is 0.326 e. The first kappa shape index (κ1) is 29.2. The molecular formula is C25H30F3N5O4S. The first-order chi connectivity index (χ1) is 18.0. The molecule has 0 aliphatic carbocycles. The van der Waals surface area contributed by atoms with Crippen LogP contribution in [0.3, 0.4) is 0 Å². The SMILES string of the molecule is CC(C)[C@H](Nc1ccc(CNC(=O)C2SCCN2C(=O)C[C@H](N)Cc2cc(F)c(F)cc2F)cn1)C(=O)O. The zero-order chi connectivity index (χ0) is 28.0. The molecule has 206 valence electrons. The summed E-state index contributed by atoms with van der Waals surface area (Å²) in [4.78, 5) is 42.6. The van der Waals surface area contributed by atoms with Crippen LogP contribution in [0, 0.1) is 23.4 Å². The lowest BCUT2D eigenvalue weighted by Gasteiger charge is -2.24.